The lowest BCUT2D eigenvalue weighted by Crippen LogP contribution is -2.41. The average Bonchev–Trinajstić information content (AvgIpc) is 3.13. The molecule has 1 aliphatic heterocycles. The van der Waals surface area contributed by atoms with Crippen molar-refractivity contribution >= 4 is 11.9 Å². The number of benzene rings is 1. The van der Waals surface area contributed by atoms with Gasteiger partial charge in [-0.15, -0.1) is 0 Å². The van der Waals surface area contributed by atoms with Crippen molar-refractivity contribution in [3.63, 3.8) is 0 Å². The number of piperidine rings is 1. The van der Waals surface area contributed by atoms with Crippen LogP contribution in [-0.4, -0.2) is 35.7 Å². The second kappa shape index (κ2) is 7.95. The number of nitrogens with zero attached hydrogens (tertiary/aromatic N) is 3. The van der Waals surface area contributed by atoms with Crippen LogP contribution in [0.15, 0.2) is 34.9 Å². The highest BCUT2D eigenvalue weighted by atomic mass is 16.5. The first-order valence-electron chi connectivity index (χ1n) is 8.69. The molecule has 0 saturated carbocycles. The molecule has 0 bridgehead atoms. The Morgan fingerprint density at radius 2 is 2.04 bits per heavy atom. The van der Waals surface area contributed by atoms with Crippen molar-refractivity contribution in [2.45, 2.75) is 32.6 Å². The molecule has 2 heterocycles. The van der Waals surface area contributed by atoms with Gasteiger partial charge in [0.25, 0.3) is 11.8 Å². The van der Waals surface area contributed by atoms with Crippen molar-refractivity contribution in [1.29, 1.82) is 0 Å². The molecule has 6 heteroatoms. The lowest BCUT2D eigenvalue weighted by atomic mass is 9.96. The molecule has 1 amide bonds. The highest BCUT2D eigenvalue weighted by Gasteiger charge is 2.27. The van der Waals surface area contributed by atoms with Crippen LogP contribution in [0.4, 0.5) is 5.95 Å². The van der Waals surface area contributed by atoms with Crippen LogP contribution >= 0.6 is 0 Å². The molecular formula is C18H24N4O2. The first-order valence-corrected chi connectivity index (χ1v) is 8.69. The minimum absolute atomic E-state index is 0.0959. The topological polar surface area (TPSA) is 71.3 Å². The van der Waals surface area contributed by atoms with E-state index >= 15 is 0 Å². The summed E-state index contributed by atoms with van der Waals surface area (Å²) in [6, 6.07) is 9.75. The monoisotopic (exact) mass is 328 g/mol. The zero-order valence-electron chi connectivity index (χ0n) is 14.1. The summed E-state index contributed by atoms with van der Waals surface area (Å²) in [6.45, 7) is 4.46. The van der Waals surface area contributed by atoms with E-state index in [-0.39, 0.29) is 11.8 Å². The van der Waals surface area contributed by atoms with E-state index in [2.05, 4.69) is 27.3 Å². The van der Waals surface area contributed by atoms with Gasteiger partial charge in [0.2, 0.25) is 5.91 Å². The minimum atomic E-state index is 0.0959. The molecule has 2 aromatic rings. The zero-order valence-corrected chi connectivity index (χ0v) is 14.1. The third-order valence-corrected chi connectivity index (χ3v) is 4.41. The number of carbonyl (C=O) groups excluding carboxylic acids is 1. The Kier molecular flexibility index (Phi) is 5.46. The second-order valence-corrected chi connectivity index (χ2v) is 6.17. The van der Waals surface area contributed by atoms with Crippen molar-refractivity contribution in [2.75, 3.05) is 24.5 Å². The van der Waals surface area contributed by atoms with Crippen LogP contribution in [0.5, 0.6) is 0 Å². The molecule has 0 spiro atoms. The summed E-state index contributed by atoms with van der Waals surface area (Å²) >= 11 is 0. The van der Waals surface area contributed by atoms with Gasteiger partial charge in [-0.2, -0.15) is 4.98 Å². The van der Waals surface area contributed by atoms with Crippen LogP contribution in [0.2, 0.25) is 0 Å². The standard InChI is InChI=1S/C18H24N4O2/c1-2-3-11-19-16(23)14-9-12-22(13-10-14)18-20-17(24-21-18)15-7-5-4-6-8-15/h4-8,14H,2-3,9-13H2,1H3,(H,19,23). The van der Waals surface area contributed by atoms with Gasteiger partial charge in [0, 0.05) is 31.1 Å². The maximum Gasteiger partial charge on any atom is 0.266 e. The summed E-state index contributed by atoms with van der Waals surface area (Å²) in [5.41, 5.74) is 0.918. The summed E-state index contributed by atoms with van der Waals surface area (Å²) in [4.78, 5) is 18.7. The summed E-state index contributed by atoms with van der Waals surface area (Å²) in [5, 5.41) is 7.11. The van der Waals surface area contributed by atoms with Gasteiger partial charge in [-0.25, -0.2) is 0 Å². The maximum absolute atomic E-state index is 12.1. The number of hydrogen-bond acceptors (Lipinski definition) is 5. The van der Waals surface area contributed by atoms with E-state index in [1.54, 1.807) is 0 Å². The predicted molar refractivity (Wildman–Crippen MR) is 92.6 cm³/mol. The largest absolute Gasteiger partial charge is 0.356 e. The molecule has 0 unspecified atom stereocenters. The van der Waals surface area contributed by atoms with Crippen LogP contribution in [-0.2, 0) is 4.79 Å². The fourth-order valence-corrected chi connectivity index (χ4v) is 2.92. The molecule has 1 saturated heterocycles. The molecule has 1 aromatic heterocycles. The molecule has 6 nitrogen and oxygen atoms in total. The molecule has 1 fully saturated rings. The van der Waals surface area contributed by atoms with E-state index in [1.165, 1.54) is 0 Å². The summed E-state index contributed by atoms with van der Waals surface area (Å²) in [7, 11) is 0. The molecule has 0 radical (unpaired) electrons. The fourth-order valence-electron chi connectivity index (χ4n) is 2.92. The van der Waals surface area contributed by atoms with Crippen LogP contribution in [0.3, 0.4) is 0 Å². The van der Waals surface area contributed by atoms with Gasteiger partial charge in [0.15, 0.2) is 0 Å². The summed E-state index contributed by atoms with van der Waals surface area (Å²) in [6.07, 6.45) is 3.79. The van der Waals surface area contributed by atoms with Crippen molar-refractivity contribution < 1.29 is 9.32 Å². The van der Waals surface area contributed by atoms with E-state index in [4.69, 9.17) is 4.52 Å². The average molecular weight is 328 g/mol. The number of nitrogens with one attached hydrogen (secondary N) is 1. The van der Waals surface area contributed by atoms with Gasteiger partial charge in [-0.1, -0.05) is 31.5 Å². The molecule has 0 aliphatic carbocycles. The lowest BCUT2D eigenvalue weighted by Gasteiger charge is -2.30. The Hall–Kier alpha value is -2.37. The van der Waals surface area contributed by atoms with Crippen LogP contribution in [0.25, 0.3) is 11.5 Å². The Bertz CT molecular complexity index is 648. The second-order valence-electron chi connectivity index (χ2n) is 6.17. The number of rotatable bonds is 6. The molecule has 1 N–H and O–H groups in total. The first kappa shape index (κ1) is 16.5. The molecule has 1 aromatic carbocycles. The van der Waals surface area contributed by atoms with E-state index in [1.807, 2.05) is 30.3 Å². The number of anilines is 1. The number of amides is 1. The van der Waals surface area contributed by atoms with Crippen molar-refractivity contribution in [1.82, 2.24) is 15.5 Å². The minimum Gasteiger partial charge on any atom is -0.356 e. The Morgan fingerprint density at radius 3 is 2.75 bits per heavy atom. The Balaban J connectivity index is 1.54. The summed E-state index contributed by atoms with van der Waals surface area (Å²) < 4.78 is 5.36. The van der Waals surface area contributed by atoms with Crippen molar-refractivity contribution in [2.24, 2.45) is 5.92 Å². The molecule has 1 aliphatic rings. The third-order valence-electron chi connectivity index (χ3n) is 4.41. The Morgan fingerprint density at radius 1 is 1.29 bits per heavy atom. The first-order chi connectivity index (χ1) is 11.8. The molecular weight excluding hydrogens is 304 g/mol. The number of hydrogen-bond donors (Lipinski definition) is 1. The number of unbranched alkanes of at least 4 members (excludes halogenated alkanes) is 1. The third kappa shape index (κ3) is 3.93. The van der Waals surface area contributed by atoms with Gasteiger partial charge in [-0.05, 0) is 36.6 Å². The molecule has 3 rings (SSSR count). The normalized spacial score (nSPS) is 15.5. The SMILES string of the molecule is CCCCNC(=O)C1CCN(c2noc(-c3ccccc3)n2)CC1. The smallest absolute Gasteiger partial charge is 0.266 e. The van der Waals surface area contributed by atoms with E-state index in [0.29, 0.717) is 11.8 Å². The predicted octanol–water partition coefficient (Wildman–Crippen LogP) is 2.87. The van der Waals surface area contributed by atoms with Crippen molar-refractivity contribution in [3.05, 3.63) is 30.3 Å². The zero-order chi connectivity index (χ0) is 16.8. The highest BCUT2D eigenvalue weighted by molar-refractivity contribution is 5.78. The van der Waals surface area contributed by atoms with Gasteiger partial charge in [-0.3, -0.25) is 4.79 Å². The number of carbonyl (C=O) groups is 1. The van der Waals surface area contributed by atoms with Gasteiger partial charge < -0.3 is 14.7 Å². The van der Waals surface area contributed by atoms with Crippen molar-refractivity contribution in [3.8, 4) is 11.5 Å². The molecule has 0 atom stereocenters. The van der Waals surface area contributed by atoms with Gasteiger partial charge in [0.05, 0.1) is 0 Å². The molecule has 128 valence electrons. The fraction of sp³-hybridized carbons (Fsp3) is 0.500. The maximum atomic E-state index is 12.1. The van der Waals surface area contributed by atoms with Crippen LogP contribution in [0, 0.1) is 5.92 Å². The lowest BCUT2D eigenvalue weighted by molar-refractivity contribution is -0.125. The van der Waals surface area contributed by atoms with Gasteiger partial charge >= 0.3 is 0 Å². The van der Waals surface area contributed by atoms with Crippen LogP contribution < -0.4 is 10.2 Å². The number of aromatic nitrogens is 2. The quantitative estimate of drug-likeness (QED) is 0.826. The van der Waals surface area contributed by atoms with Crippen LogP contribution in [0.1, 0.15) is 32.6 Å². The Labute approximate surface area is 142 Å². The van der Waals surface area contributed by atoms with E-state index in [9.17, 15) is 4.79 Å². The summed E-state index contributed by atoms with van der Waals surface area (Å²) in [5.74, 6) is 1.42. The molecule has 24 heavy (non-hydrogen) atoms. The highest BCUT2D eigenvalue weighted by Crippen LogP contribution is 2.24. The van der Waals surface area contributed by atoms with E-state index < -0.39 is 0 Å². The van der Waals surface area contributed by atoms with E-state index in [0.717, 1.165) is 50.9 Å². The van der Waals surface area contributed by atoms with Gasteiger partial charge in [0.1, 0.15) is 0 Å².